The number of benzene rings is 1. The highest BCUT2D eigenvalue weighted by Gasteiger charge is 2.40. The molecule has 0 radical (unpaired) electrons. The van der Waals surface area contributed by atoms with Gasteiger partial charge in [-0.3, -0.25) is 4.98 Å². The van der Waals surface area contributed by atoms with Crippen LogP contribution in [-0.4, -0.2) is 40.1 Å². The van der Waals surface area contributed by atoms with E-state index in [-0.39, 0.29) is 16.4 Å². The maximum atomic E-state index is 11.2. The van der Waals surface area contributed by atoms with Crippen LogP contribution < -0.4 is 5.32 Å². The summed E-state index contributed by atoms with van der Waals surface area (Å²) in [7, 11) is -1.98. The molecule has 37 heavy (non-hydrogen) atoms. The van der Waals surface area contributed by atoms with Gasteiger partial charge in [0.05, 0.1) is 23.2 Å². The van der Waals surface area contributed by atoms with E-state index in [1.54, 1.807) is 12.4 Å². The second kappa shape index (κ2) is 9.11. The van der Waals surface area contributed by atoms with Gasteiger partial charge >= 0.3 is 5.97 Å². The molecule has 190 valence electrons. The zero-order chi connectivity index (χ0) is 26.4. The number of furan rings is 1. The van der Waals surface area contributed by atoms with Gasteiger partial charge in [-0.2, -0.15) is 0 Å². The molecule has 9 nitrogen and oxygen atoms in total. The molecule has 1 aromatic carbocycles. The summed E-state index contributed by atoms with van der Waals surface area (Å²) in [5, 5.41) is 18.2. The predicted octanol–water partition coefficient (Wildman–Crippen LogP) is 6.40. The third-order valence-electron chi connectivity index (χ3n) is 7.10. The first-order valence-corrected chi connectivity index (χ1v) is 15.0. The fraction of sp³-hybridized carbons (Fsp3) is 0.296. The molecule has 0 amide bonds. The van der Waals surface area contributed by atoms with Gasteiger partial charge in [-0.15, -0.1) is 5.16 Å². The molecule has 0 bridgehead atoms. The van der Waals surface area contributed by atoms with E-state index in [2.05, 4.69) is 71.4 Å². The van der Waals surface area contributed by atoms with Crippen LogP contribution in [0.1, 0.15) is 48.7 Å². The lowest BCUT2D eigenvalue weighted by atomic mass is 10.1. The van der Waals surface area contributed by atoms with Crippen LogP contribution in [0.4, 0.5) is 11.4 Å². The summed E-state index contributed by atoms with van der Waals surface area (Å²) in [6.07, 6.45) is 7.57. The number of pyridine rings is 1. The molecule has 0 fully saturated rings. The van der Waals surface area contributed by atoms with Gasteiger partial charge in [0.15, 0.2) is 17.2 Å². The third kappa shape index (κ3) is 4.72. The van der Waals surface area contributed by atoms with Crippen LogP contribution in [-0.2, 0) is 10.9 Å². The molecule has 2 N–H and O–H groups in total. The fourth-order valence-corrected chi connectivity index (χ4v) is 4.49. The van der Waals surface area contributed by atoms with Crippen molar-refractivity contribution in [2.75, 3.05) is 5.32 Å². The molecule has 0 saturated carbocycles. The molecular formula is C27H29N5O4Si. The van der Waals surface area contributed by atoms with Crippen LogP contribution in [0, 0.1) is 0 Å². The Morgan fingerprint density at radius 2 is 1.89 bits per heavy atom. The Morgan fingerprint density at radius 1 is 1.14 bits per heavy atom. The van der Waals surface area contributed by atoms with Gasteiger partial charge in [0.25, 0.3) is 8.32 Å². The first-order valence-electron chi connectivity index (χ1n) is 12.1. The molecule has 0 saturated heterocycles. The number of aryl methyl sites for hydroxylation is 1. The highest BCUT2D eigenvalue weighted by molar-refractivity contribution is 6.74. The number of aromatic carboxylic acids is 1. The number of carbonyl (C=O) groups is 1. The summed E-state index contributed by atoms with van der Waals surface area (Å²) in [4.78, 5) is 23.8. The minimum absolute atomic E-state index is 0.00432. The van der Waals surface area contributed by atoms with Crippen LogP contribution >= 0.6 is 0 Å². The van der Waals surface area contributed by atoms with Gasteiger partial charge < -0.3 is 19.4 Å². The quantitative estimate of drug-likeness (QED) is 0.223. The Hall–Kier alpha value is -4.05. The first kappa shape index (κ1) is 24.6. The first-order chi connectivity index (χ1) is 17.5. The lowest BCUT2D eigenvalue weighted by Crippen LogP contribution is -2.39. The molecule has 1 aliphatic carbocycles. The van der Waals surface area contributed by atoms with E-state index in [0.29, 0.717) is 17.0 Å². The normalized spacial score (nSPS) is 14.7. The summed E-state index contributed by atoms with van der Waals surface area (Å²) >= 11 is 0. The molecule has 0 aliphatic heterocycles. The van der Waals surface area contributed by atoms with Crippen molar-refractivity contribution in [3.63, 3.8) is 0 Å². The molecule has 0 spiro atoms. The molecule has 3 heterocycles. The summed E-state index contributed by atoms with van der Waals surface area (Å²) < 4.78 is 12.2. The number of hydrogen-bond acceptors (Lipinski definition) is 8. The number of nitrogens with one attached hydrogen (secondary N) is 1. The van der Waals surface area contributed by atoms with Crippen LogP contribution in [0.5, 0.6) is 0 Å². The molecule has 4 aromatic rings. The molecule has 0 atom stereocenters. The Bertz CT molecular complexity index is 1520. The van der Waals surface area contributed by atoms with E-state index in [0.717, 1.165) is 35.2 Å². The average Bonchev–Trinajstić information content (AvgIpc) is 3.43. The highest BCUT2D eigenvalue weighted by atomic mass is 28.4. The molecule has 1 aliphatic rings. The van der Waals surface area contributed by atoms with Crippen molar-refractivity contribution in [3.8, 4) is 11.6 Å². The smallest absolute Gasteiger partial charge is 0.338 e. The number of carboxylic acids is 1. The lowest BCUT2D eigenvalue weighted by molar-refractivity contribution is 0.0696. The molecule has 10 heteroatoms. The number of anilines is 2. The van der Waals surface area contributed by atoms with Crippen molar-refractivity contribution in [1.82, 2.24) is 15.0 Å². The minimum atomic E-state index is -1.98. The maximum Gasteiger partial charge on any atom is 0.338 e. The van der Waals surface area contributed by atoms with Crippen molar-refractivity contribution in [2.45, 2.75) is 51.7 Å². The Labute approximate surface area is 215 Å². The molecule has 0 unspecified atom stereocenters. The minimum Gasteiger partial charge on any atom is -0.478 e. The zero-order valence-corrected chi connectivity index (χ0v) is 22.5. The number of nitrogens with zero attached hydrogens (tertiary/aromatic N) is 4. The van der Waals surface area contributed by atoms with Crippen LogP contribution in [0.25, 0.3) is 22.6 Å². The van der Waals surface area contributed by atoms with Crippen molar-refractivity contribution < 1.29 is 18.8 Å². The van der Waals surface area contributed by atoms with Gasteiger partial charge in [0.2, 0.25) is 0 Å². The van der Waals surface area contributed by atoms with Crippen molar-refractivity contribution in [2.24, 2.45) is 5.16 Å². The van der Waals surface area contributed by atoms with E-state index >= 15 is 0 Å². The molecule has 5 rings (SSSR count). The van der Waals surface area contributed by atoms with Crippen LogP contribution in [0.15, 0.2) is 58.6 Å². The number of fused-ring (bicyclic) bond motifs is 2. The van der Waals surface area contributed by atoms with Gasteiger partial charge in [-0.1, -0.05) is 26.8 Å². The average molecular weight is 516 g/mol. The summed E-state index contributed by atoms with van der Waals surface area (Å²) in [5.41, 5.74) is 5.44. The van der Waals surface area contributed by atoms with Gasteiger partial charge in [-0.25, -0.2) is 14.8 Å². The van der Waals surface area contributed by atoms with Crippen molar-refractivity contribution >= 4 is 42.3 Å². The topological polar surface area (TPSA) is 123 Å². The second-order valence-electron chi connectivity index (χ2n) is 10.7. The number of hydrogen-bond donors (Lipinski definition) is 2. The summed E-state index contributed by atoms with van der Waals surface area (Å²) in [5.74, 6) is -0.401. The van der Waals surface area contributed by atoms with Crippen molar-refractivity contribution in [3.05, 3.63) is 65.7 Å². The maximum absolute atomic E-state index is 11.2. The zero-order valence-electron chi connectivity index (χ0n) is 21.5. The van der Waals surface area contributed by atoms with E-state index < -0.39 is 14.3 Å². The van der Waals surface area contributed by atoms with E-state index in [9.17, 15) is 9.90 Å². The van der Waals surface area contributed by atoms with E-state index in [1.807, 2.05) is 12.1 Å². The number of oxime groups is 1. The number of aromatic nitrogens is 3. The third-order valence-corrected chi connectivity index (χ3v) is 11.3. The summed E-state index contributed by atoms with van der Waals surface area (Å²) in [6, 6.07) is 8.04. The van der Waals surface area contributed by atoms with Crippen LogP contribution in [0.3, 0.4) is 0 Å². The monoisotopic (exact) mass is 515 g/mol. The van der Waals surface area contributed by atoms with E-state index in [1.165, 1.54) is 18.0 Å². The SMILES string of the molecule is CC(C)(C)[Si](C)(C)O/N=C1/CCc2cc(Nc3c(-c4ncc(C(=O)O)cn4)oc4cnccc34)ccc21. The Balaban J connectivity index is 1.46. The number of rotatable bonds is 6. The van der Waals surface area contributed by atoms with Gasteiger partial charge in [0.1, 0.15) is 0 Å². The van der Waals surface area contributed by atoms with Crippen molar-refractivity contribution in [1.29, 1.82) is 0 Å². The highest BCUT2D eigenvalue weighted by Crippen LogP contribution is 2.39. The number of carboxylic acid groups (broad SMARTS) is 1. The Morgan fingerprint density at radius 3 is 2.59 bits per heavy atom. The molecular weight excluding hydrogens is 486 g/mol. The van der Waals surface area contributed by atoms with E-state index in [4.69, 9.17) is 8.94 Å². The summed E-state index contributed by atoms with van der Waals surface area (Å²) in [6.45, 7) is 11.0. The van der Waals surface area contributed by atoms with Gasteiger partial charge in [-0.05, 0) is 54.7 Å². The Kier molecular flexibility index (Phi) is 6.07. The fourth-order valence-electron chi connectivity index (χ4n) is 3.88. The molecule has 3 aromatic heterocycles. The van der Waals surface area contributed by atoms with Crippen LogP contribution in [0.2, 0.25) is 18.1 Å². The lowest BCUT2D eigenvalue weighted by Gasteiger charge is -2.33. The standard InChI is InChI=1S/C27H29N5O4Si/c1-27(2,3)37(4,5)36-32-21-9-6-16-12-18(7-8-19(16)21)31-23-20-10-11-28-15-22(20)35-24(23)25-29-13-17(14-30-25)26(33)34/h7-8,10-15,31H,6,9H2,1-5H3,(H,33,34)/b32-21-. The largest absolute Gasteiger partial charge is 0.478 e. The second-order valence-corrected chi connectivity index (χ2v) is 15.4. The predicted molar refractivity (Wildman–Crippen MR) is 145 cm³/mol. The van der Waals surface area contributed by atoms with Gasteiger partial charge in [0, 0.05) is 35.2 Å².